The number of pyridine rings is 1. The Morgan fingerprint density at radius 2 is 1.83 bits per heavy atom. The maximum Gasteiger partial charge on any atom is 0.267 e. The van der Waals surface area contributed by atoms with Crippen LogP contribution in [0.25, 0.3) is 11.7 Å². The number of benzene rings is 1. The third-order valence-electron chi connectivity index (χ3n) is 6.92. The summed E-state index contributed by atoms with van der Waals surface area (Å²) in [5.41, 5.74) is 2.86. The molecular formula is C27H28N4O2S2. The maximum absolute atomic E-state index is 13.7. The summed E-state index contributed by atoms with van der Waals surface area (Å²) in [7, 11) is 0. The van der Waals surface area contributed by atoms with Crippen molar-refractivity contribution < 1.29 is 4.79 Å². The van der Waals surface area contributed by atoms with Crippen LogP contribution in [0.15, 0.2) is 58.4 Å². The lowest BCUT2D eigenvalue weighted by Gasteiger charge is -2.32. The largest absolute Gasteiger partial charge is 0.356 e. The van der Waals surface area contributed by atoms with Crippen LogP contribution in [-0.4, -0.2) is 37.6 Å². The normalized spacial score (nSPS) is 19.2. The van der Waals surface area contributed by atoms with E-state index in [2.05, 4.69) is 11.8 Å². The standard InChI is InChI=1S/C27H28N4O2S2/c1-17-11-14-29(15-12-17)24-21(25(32)30-13-7-8-18(2)23(30)28-24)16-22-26(33)31(27(34)35-22)19(3)20-9-5-4-6-10-20/h4-10,13,16-17,19H,11-12,14-15H2,1-3H3/b22-16-. The van der Waals surface area contributed by atoms with E-state index in [0.717, 1.165) is 37.1 Å². The molecule has 0 spiro atoms. The Morgan fingerprint density at radius 1 is 1.11 bits per heavy atom. The van der Waals surface area contributed by atoms with Gasteiger partial charge >= 0.3 is 0 Å². The summed E-state index contributed by atoms with van der Waals surface area (Å²) in [6.45, 7) is 7.85. The lowest BCUT2D eigenvalue weighted by atomic mass is 9.99. The van der Waals surface area contributed by atoms with Gasteiger partial charge in [-0.15, -0.1) is 0 Å². The quantitative estimate of drug-likeness (QED) is 0.360. The molecule has 0 N–H and O–H groups in total. The summed E-state index contributed by atoms with van der Waals surface area (Å²) >= 11 is 6.85. The third kappa shape index (κ3) is 4.41. The molecule has 8 heteroatoms. The van der Waals surface area contributed by atoms with Gasteiger partial charge in [-0.2, -0.15) is 0 Å². The molecule has 0 radical (unpaired) electrons. The van der Waals surface area contributed by atoms with Crippen LogP contribution in [0.1, 0.15) is 49.4 Å². The van der Waals surface area contributed by atoms with Crippen LogP contribution in [0.2, 0.25) is 0 Å². The van der Waals surface area contributed by atoms with Crippen molar-refractivity contribution in [1.82, 2.24) is 14.3 Å². The van der Waals surface area contributed by atoms with E-state index in [9.17, 15) is 9.59 Å². The van der Waals surface area contributed by atoms with E-state index in [0.29, 0.717) is 32.2 Å². The van der Waals surface area contributed by atoms with Crippen LogP contribution in [0.5, 0.6) is 0 Å². The maximum atomic E-state index is 13.7. The van der Waals surface area contributed by atoms with E-state index < -0.39 is 0 Å². The molecular weight excluding hydrogens is 476 g/mol. The van der Waals surface area contributed by atoms with Crippen molar-refractivity contribution in [1.29, 1.82) is 0 Å². The highest BCUT2D eigenvalue weighted by atomic mass is 32.2. The first-order chi connectivity index (χ1) is 16.8. The number of thiocarbonyl (C=S) groups is 1. The van der Waals surface area contributed by atoms with Crippen LogP contribution >= 0.6 is 24.0 Å². The Morgan fingerprint density at radius 3 is 2.54 bits per heavy atom. The zero-order valence-electron chi connectivity index (χ0n) is 20.1. The Kier molecular flexibility index (Phi) is 6.51. The number of hydrogen-bond acceptors (Lipinski definition) is 6. The van der Waals surface area contributed by atoms with E-state index in [1.54, 1.807) is 21.6 Å². The van der Waals surface area contributed by atoms with Crippen molar-refractivity contribution in [2.75, 3.05) is 18.0 Å². The molecule has 180 valence electrons. The highest BCUT2D eigenvalue weighted by Crippen LogP contribution is 2.38. The van der Waals surface area contributed by atoms with Gasteiger partial charge in [0.25, 0.3) is 11.5 Å². The Hall–Kier alpha value is -2.97. The van der Waals surface area contributed by atoms with E-state index >= 15 is 0 Å². The molecule has 0 aliphatic carbocycles. The molecule has 1 atom stereocenters. The SMILES string of the molecule is Cc1cccn2c(=O)c(/C=C3\SC(=S)N(C(C)c4ccccc4)C3=O)c(N3CCC(C)CC3)nc12. The number of nitrogens with zero attached hydrogens (tertiary/aromatic N) is 4. The minimum Gasteiger partial charge on any atom is -0.356 e. The number of rotatable bonds is 4. The van der Waals surface area contributed by atoms with Gasteiger partial charge in [-0.1, -0.05) is 67.3 Å². The van der Waals surface area contributed by atoms with Gasteiger partial charge in [0, 0.05) is 19.3 Å². The number of fused-ring (bicyclic) bond motifs is 1. The smallest absolute Gasteiger partial charge is 0.267 e. The molecule has 4 heterocycles. The van der Waals surface area contributed by atoms with E-state index in [4.69, 9.17) is 17.2 Å². The molecule has 2 aliphatic heterocycles. The monoisotopic (exact) mass is 504 g/mol. The molecule has 2 saturated heterocycles. The second-order valence-corrected chi connectivity index (χ2v) is 11.0. The molecule has 1 amide bonds. The van der Waals surface area contributed by atoms with E-state index in [1.807, 2.05) is 56.3 Å². The van der Waals surface area contributed by atoms with E-state index in [-0.39, 0.29) is 17.5 Å². The summed E-state index contributed by atoms with van der Waals surface area (Å²) in [6, 6.07) is 13.4. The molecule has 1 unspecified atom stereocenters. The van der Waals surface area contributed by atoms with Gasteiger partial charge in [0.05, 0.1) is 16.5 Å². The number of thioether (sulfide) groups is 1. The van der Waals surface area contributed by atoms with Gasteiger partial charge in [-0.25, -0.2) is 4.98 Å². The summed E-state index contributed by atoms with van der Waals surface area (Å²) in [6.07, 6.45) is 5.53. The molecule has 35 heavy (non-hydrogen) atoms. The molecule has 5 rings (SSSR count). The Bertz CT molecular complexity index is 1390. The van der Waals surface area contributed by atoms with Gasteiger partial charge in [0.15, 0.2) is 0 Å². The summed E-state index contributed by atoms with van der Waals surface area (Å²) in [5, 5.41) is 0. The summed E-state index contributed by atoms with van der Waals surface area (Å²) in [4.78, 5) is 36.4. The van der Waals surface area contributed by atoms with E-state index in [1.165, 1.54) is 11.8 Å². The van der Waals surface area contributed by atoms with Gasteiger partial charge in [-0.05, 0) is 55.9 Å². The molecule has 1 aromatic carbocycles. The first-order valence-electron chi connectivity index (χ1n) is 11.9. The first kappa shape index (κ1) is 23.8. The zero-order valence-corrected chi connectivity index (χ0v) is 21.7. The molecule has 0 bridgehead atoms. The van der Waals surface area contributed by atoms with Crippen molar-refractivity contribution in [3.63, 3.8) is 0 Å². The second-order valence-electron chi connectivity index (χ2n) is 9.35. The van der Waals surface area contributed by atoms with Gasteiger partial charge in [0.2, 0.25) is 0 Å². The lowest BCUT2D eigenvalue weighted by Crippen LogP contribution is -2.36. The van der Waals surface area contributed by atoms with Crippen LogP contribution in [0.4, 0.5) is 5.82 Å². The number of piperidine rings is 1. The molecule has 6 nitrogen and oxygen atoms in total. The number of aryl methyl sites for hydroxylation is 1. The van der Waals surface area contributed by atoms with Crippen LogP contribution in [-0.2, 0) is 4.79 Å². The average Bonchev–Trinajstić information content (AvgIpc) is 3.14. The van der Waals surface area contributed by atoms with Crippen molar-refractivity contribution >= 4 is 51.7 Å². The van der Waals surface area contributed by atoms with Crippen molar-refractivity contribution in [2.45, 2.75) is 39.7 Å². The average molecular weight is 505 g/mol. The van der Waals surface area contributed by atoms with Gasteiger partial charge < -0.3 is 4.90 Å². The number of amides is 1. The fourth-order valence-electron chi connectivity index (χ4n) is 4.71. The molecule has 3 aromatic rings. The number of carbonyl (C=O) groups is 1. The summed E-state index contributed by atoms with van der Waals surface area (Å²) < 4.78 is 2.07. The second kappa shape index (κ2) is 9.59. The number of carbonyl (C=O) groups excluding carboxylic acids is 1. The highest BCUT2D eigenvalue weighted by molar-refractivity contribution is 8.26. The molecule has 0 saturated carbocycles. The van der Waals surface area contributed by atoms with Crippen LogP contribution in [0, 0.1) is 12.8 Å². The minimum atomic E-state index is -0.198. The van der Waals surface area contributed by atoms with Crippen LogP contribution < -0.4 is 10.5 Å². The van der Waals surface area contributed by atoms with Crippen molar-refractivity contribution in [3.05, 3.63) is 80.6 Å². The lowest BCUT2D eigenvalue weighted by molar-refractivity contribution is -0.123. The van der Waals surface area contributed by atoms with Crippen molar-refractivity contribution in [3.8, 4) is 0 Å². The number of aromatic nitrogens is 2. The zero-order chi connectivity index (χ0) is 24.7. The Labute approximate surface area is 214 Å². The highest BCUT2D eigenvalue weighted by Gasteiger charge is 2.36. The minimum absolute atomic E-state index is 0.173. The summed E-state index contributed by atoms with van der Waals surface area (Å²) in [5.74, 6) is 1.12. The molecule has 2 aromatic heterocycles. The predicted molar refractivity (Wildman–Crippen MR) is 147 cm³/mol. The fourth-order valence-corrected chi connectivity index (χ4v) is 6.11. The fraction of sp³-hybridized carbons (Fsp3) is 0.333. The topological polar surface area (TPSA) is 57.9 Å². The van der Waals surface area contributed by atoms with Crippen LogP contribution in [0.3, 0.4) is 0 Å². The Balaban J connectivity index is 1.60. The van der Waals surface area contributed by atoms with Gasteiger partial charge in [-0.3, -0.25) is 18.9 Å². The molecule has 2 fully saturated rings. The molecule has 2 aliphatic rings. The first-order valence-corrected chi connectivity index (χ1v) is 13.2. The number of anilines is 1. The third-order valence-corrected chi connectivity index (χ3v) is 8.25. The predicted octanol–water partition coefficient (Wildman–Crippen LogP) is 5.20. The van der Waals surface area contributed by atoms with Crippen molar-refractivity contribution in [2.24, 2.45) is 5.92 Å². The van der Waals surface area contributed by atoms with Gasteiger partial charge in [0.1, 0.15) is 15.8 Å². The number of hydrogen-bond donors (Lipinski definition) is 0.